The lowest BCUT2D eigenvalue weighted by Crippen LogP contribution is -2.53. The van der Waals surface area contributed by atoms with Crippen LogP contribution in [0, 0.1) is 5.92 Å². The van der Waals surface area contributed by atoms with Gasteiger partial charge < -0.3 is 25.1 Å². The number of benzene rings is 1. The van der Waals surface area contributed by atoms with Gasteiger partial charge >= 0.3 is 5.97 Å². The number of nitrogens with zero attached hydrogens (tertiary/aromatic N) is 1. The quantitative estimate of drug-likeness (QED) is 0.371. The Morgan fingerprint density at radius 2 is 2.03 bits per heavy atom. The first-order valence-corrected chi connectivity index (χ1v) is 13.0. The van der Waals surface area contributed by atoms with E-state index in [1.165, 1.54) is 6.33 Å². The highest BCUT2D eigenvalue weighted by atomic mass is 35.5. The number of nitrogens with one attached hydrogen (secondary N) is 3. The number of ether oxygens (including phenoxy) is 2. The maximum Gasteiger partial charge on any atom is 0.327 e. The predicted molar refractivity (Wildman–Crippen MR) is 134 cm³/mol. The zero-order chi connectivity index (χ0) is 24.6. The van der Waals surface area contributed by atoms with E-state index in [1.807, 2.05) is 18.2 Å². The molecule has 2 aliphatic heterocycles. The van der Waals surface area contributed by atoms with Crippen LogP contribution >= 0.6 is 23.4 Å². The number of ketones is 1. The average Bonchev–Trinajstić information content (AvgIpc) is 3.51. The number of H-pyrrole nitrogens is 1. The molecule has 1 saturated carbocycles. The number of hydrogen-bond donors (Lipinski definition) is 3. The normalized spacial score (nSPS) is 26.1. The molecule has 2 fully saturated rings. The molecule has 186 valence electrons. The zero-order valence-corrected chi connectivity index (χ0v) is 20.8. The summed E-state index contributed by atoms with van der Waals surface area (Å²) in [6, 6.07) is 5.63. The molecule has 35 heavy (non-hydrogen) atoms. The fraction of sp³-hybridized carbons (Fsp3) is 0.500. The Kier molecular flexibility index (Phi) is 6.67. The van der Waals surface area contributed by atoms with E-state index in [0.29, 0.717) is 35.1 Å². The first kappa shape index (κ1) is 24.0. The third-order valence-electron chi connectivity index (χ3n) is 7.10. The van der Waals surface area contributed by atoms with Gasteiger partial charge in [0, 0.05) is 6.42 Å². The molecule has 0 spiro atoms. The number of rotatable bonds is 7. The van der Waals surface area contributed by atoms with Crippen LogP contribution in [0.1, 0.15) is 44.1 Å². The number of anilines is 2. The van der Waals surface area contributed by atoms with Gasteiger partial charge in [-0.1, -0.05) is 42.3 Å². The topological polar surface area (TPSA) is 122 Å². The molecule has 3 N–H and O–H groups in total. The summed E-state index contributed by atoms with van der Waals surface area (Å²) in [7, 11) is 1.57. The smallest absolute Gasteiger partial charge is 0.327 e. The molecule has 0 bridgehead atoms. The van der Waals surface area contributed by atoms with Crippen LogP contribution in [0.5, 0.6) is 5.75 Å². The molecular weight excluding hydrogens is 492 g/mol. The summed E-state index contributed by atoms with van der Waals surface area (Å²) < 4.78 is 11.4. The Morgan fingerprint density at radius 3 is 2.71 bits per heavy atom. The maximum atomic E-state index is 13.4. The first-order valence-electron chi connectivity index (χ1n) is 11.7. The Labute approximate surface area is 211 Å². The van der Waals surface area contributed by atoms with E-state index in [9.17, 15) is 14.4 Å². The second kappa shape index (κ2) is 9.73. The number of esters is 1. The van der Waals surface area contributed by atoms with E-state index in [1.54, 1.807) is 7.11 Å². The van der Waals surface area contributed by atoms with Crippen molar-refractivity contribution in [3.8, 4) is 5.75 Å². The standard InChI is InChI=1S/C24H27ClN4O5S/c1-33-17-7-6-13(10-15(17)25)8-9-24(14-4-2-3-5-14)11-16(30)19(22(32)34-24)35-23-28-18-20(29-23)26-12-27-21(18)31/h6-7,10,12,14,19,23,28H,2-5,8-9,11H2,1H3,(H2,26,27,29,31). The van der Waals surface area contributed by atoms with Crippen molar-refractivity contribution in [3.05, 3.63) is 45.5 Å². The van der Waals surface area contributed by atoms with Crippen molar-refractivity contribution in [1.82, 2.24) is 9.97 Å². The number of methoxy groups -OCH3 is 1. The van der Waals surface area contributed by atoms with E-state index in [-0.39, 0.29) is 23.7 Å². The van der Waals surface area contributed by atoms with Crippen molar-refractivity contribution >= 4 is 46.6 Å². The summed E-state index contributed by atoms with van der Waals surface area (Å²) in [5, 5.41) is 5.58. The first-order chi connectivity index (χ1) is 16.9. The maximum absolute atomic E-state index is 13.4. The minimum atomic E-state index is -0.974. The molecule has 3 aliphatic rings. The van der Waals surface area contributed by atoms with Crippen LogP contribution < -0.4 is 20.9 Å². The van der Waals surface area contributed by atoms with Crippen LogP contribution in [0.2, 0.25) is 5.02 Å². The molecule has 0 amide bonds. The zero-order valence-electron chi connectivity index (χ0n) is 19.3. The molecule has 0 radical (unpaired) electrons. The number of aromatic amines is 1. The Bertz CT molecular complexity index is 1180. The minimum Gasteiger partial charge on any atom is -0.495 e. The predicted octanol–water partition coefficient (Wildman–Crippen LogP) is 3.73. The second-order valence-corrected chi connectivity index (χ2v) is 10.8. The van der Waals surface area contributed by atoms with Crippen LogP contribution in [0.4, 0.5) is 11.5 Å². The fourth-order valence-electron chi connectivity index (χ4n) is 5.32. The van der Waals surface area contributed by atoms with Crippen LogP contribution in [0.15, 0.2) is 29.3 Å². The SMILES string of the molecule is COc1ccc(CCC2(C3CCCC3)CC(=O)C(SC3Nc4nc[nH]c(=O)c4N3)C(=O)O2)cc1Cl. The molecule has 11 heteroatoms. The number of cyclic esters (lactones) is 1. The molecule has 1 saturated heterocycles. The number of Topliss-reactive ketones (excluding diaryl/α,β-unsaturated/α-hetero) is 1. The van der Waals surface area contributed by atoms with E-state index < -0.39 is 22.3 Å². The van der Waals surface area contributed by atoms with Gasteiger partial charge in [0.05, 0.1) is 18.5 Å². The van der Waals surface area contributed by atoms with Gasteiger partial charge in [0.15, 0.2) is 16.9 Å². The van der Waals surface area contributed by atoms with Crippen molar-refractivity contribution in [2.75, 3.05) is 17.7 Å². The van der Waals surface area contributed by atoms with Gasteiger partial charge in [0.2, 0.25) is 0 Å². The summed E-state index contributed by atoms with van der Waals surface area (Å²) in [5.41, 5.74) is -0.375. The molecule has 1 aliphatic carbocycles. The van der Waals surface area contributed by atoms with Crippen molar-refractivity contribution in [3.63, 3.8) is 0 Å². The number of aryl methyl sites for hydroxylation is 1. The number of aromatic nitrogens is 2. The van der Waals surface area contributed by atoms with Crippen LogP contribution in [0.3, 0.4) is 0 Å². The summed E-state index contributed by atoms with van der Waals surface area (Å²) in [6.45, 7) is 0. The largest absolute Gasteiger partial charge is 0.495 e. The number of hydrogen-bond acceptors (Lipinski definition) is 9. The summed E-state index contributed by atoms with van der Waals surface area (Å²) in [6.07, 6.45) is 6.70. The van der Waals surface area contributed by atoms with E-state index in [4.69, 9.17) is 21.1 Å². The van der Waals surface area contributed by atoms with Crippen molar-refractivity contribution in [1.29, 1.82) is 0 Å². The lowest BCUT2D eigenvalue weighted by molar-refractivity contribution is -0.177. The van der Waals surface area contributed by atoms with E-state index in [0.717, 1.165) is 43.0 Å². The molecule has 3 heterocycles. The van der Waals surface area contributed by atoms with Gasteiger partial charge in [0.1, 0.15) is 22.5 Å². The third kappa shape index (κ3) is 4.73. The van der Waals surface area contributed by atoms with Crippen molar-refractivity contribution in [2.24, 2.45) is 5.92 Å². The summed E-state index contributed by atoms with van der Waals surface area (Å²) >= 11 is 7.40. The van der Waals surface area contributed by atoms with Gasteiger partial charge in [-0.3, -0.25) is 14.4 Å². The number of fused-ring (bicyclic) bond motifs is 1. The van der Waals surface area contributed by atoms with Gasteiger partial charge in [0.25, 0.3) is 5.56 Å². The molecular formula is C24H27ClN4O5S. The molecule has 3 atom stereocenters. The average molecular weight is 519 g/mol. The highest BCUT2D eigenvalue weighted by Crippen LogP contribution is 2.46. The van der Waals surface area contributed by atoms with E-state index in [2.05, 4.69) is 20.6 Å². The second-order valence-electron chi connectivity index (χ2n) is 9.22. The van der Waals surface area contributed by atoms with Gasteiger partial charge in [-0.05, 0) is 49.3 Å². The van der Waals surface area contributed by atoms with Crippen molar-refractivity contribution < 1.29 is 19.1 Å². The number of carbonyl (C=O) groups excluding carboxylic acids is 2. The Hall–Kier alpha value is -2.72. The highest BCUT2D eigenvalue weighted by molar-refractivity contribution is 8.02. The Morgan fingerprint density at radius 1 is 1.23 bits per heavy atom. The molecule has 3 unspecified atom stereocenters. The summed E-state index contributed by atoms with van der Waals surface area (Å²) in [5.74, 6) is 0.486. The van der Waals surface area contributed by atoms with Gasteiger partial charge in [-0.2, -0.15) is 0 Å². The van der Waals surface area contributed by atoms with Gasteiger partial charge in [-0.25, -0.2) is 4.98 Å². The lowest BCUT2D eigenvalue weighted by Gasteiger charge is -2.43. The number of halogens is 1. The molecule has 1 aromatic carbocycles. The lowest BCUT2D eigenvalue weighted by atomic mass is 9.76. The number of carbonyl (C=O) groups is 2. The molecule has 5 rings (SSSR count). The third-order valence-corrected chi connectivity index (χ3v) is 8.64. The van der Waals surface area contributed by atoms with Crippen LogP contribution in [-0.2, 0) is 20.7 Å². The fourth-order valence-corrected chi connectivity index (χ4v) is 6.64. The molecule has 1 aromatic heterocycles. The number of thioether (sulfide) groups is 1. The van der Waals surface area contributed by atoms with E-state index >= 15 is 0 Å². The Balaban J connectivity index is 1.30. The van der Waals surface area contributed by atoms with Gasteiger partial charge in [-0.15, -0.1) is 0 Å². The van der Waals surface area contributed by atoms with Crippen LogP contribution in [-0.4, -0.2) is 45.2 Å². The molecule has 9 nitrogen and oxygen atoms in total. The molecule has 2 aromatic rings. The highest BCUT2D eigenvalue weighted by Gasteiger charge is 2.52. The monoisotopic (exact) mass is 518 g/mol. The van der Waals surface area contributed by atoms with Crippen molar-refractivity contribution in [2.45, 2.75) is 61.3 Å². The minimum absolute atomic E-state index is 0.146. The van der Waals surface area contributed by atoms with Crippen LogP contribution in [0.25, 0.3) is 0 Å². The summed E-state index contributed by atoms with van der Waals surface area (Å²) in [4.78, 5) is 45.1.